The van der Waals surface area contributed by atoms with Crippen molar-refractivity contribution >= 4 is 12.0 Å². The van der Waals surface area contributed by atoms with Crippen molar-refractivity contribution in [3.05, 3.63) is 35.4 Å². The second-order valence-corrected chi connectivity index (χ2v) is 15.9. The van der Waals surface area contributed by atoms with Gasteiger partial charge in [0.2, 0.25) is 5.91 Å². The number of nitrogens with two attached hydrogens (primary N) is 1. The molecule has 5 aliphatic rings. The van der Waals surface area contributed by atoms with Crippen LogP contribution in [0.3, 0.4) is 0 Å². The second-order valence-electron chi connectivity index (χ2n) is 15.9. The molecule has 2 amide bonds. The van der Waals surface area contributed by atoms with Crippen LogP contribution < -0.4 is 11.1 Å². The molecule has 0 spiro atoms. The Labute approximate surface area is 312 Å². The molecule has 15 nitrogen and oxygen atoms in total. The maximum Gasteiger partial charge on any atom is 0.404 e. The van der Waals surface area contributed by atoms with Crippen LogP contribution in [0.4, 0.5) is 4.79 Å². The number of carbonyl (C=O) groups excluding carboxylic acids is 2. The Morgan fingerprint density at radius 3 is 2.43 bits per heavy atom. The van der Waals surface area contributed by atoms with E-state index in [2.05, 4.69) is 11.4 Å². The van der Waals surface area contributed by atoms with Crippen LogP contribution in [0.1, 0.15) is 76.3 Å². The molecular formula is C38H59N5O10. The first-order valence-electron chi connectivity index (χ1n) is 19.0. The highest BCUT2D eigenvalue weighted by atomic mass is 16.6. The SMILES string of the molecule is CCN(Cc1ccc(COC(N)=O)cc1)C[C@H](O)[C@](O)(C(C)OCCOC12CC3CC(CC(NCC(=O)N4CCC[C@H]4C#N)(C3)C1)C2)[C@H](O)[C@H](O)CO. The van der Waals surface area contributed by atoms with Crippen LogP contribution in [0, 0.1) is 23.2 Å². The molecule has 1 aromatic rings. The first-order valence-corrected chi connectivity index (χ1v) is 19.0. The van der Waals surface area contributed by atoms with Crippen LogP contribution in [0.25, 0.3) is 0 Å². The first-order chi connectivity index (χ1) is 25.2. The molecule has 1 aliphatic heterocycles. The average molecular weight is 746 g/mol. The summed E-state index contributed by atoms with van der Waals surface area (Å²) in [7, 11) is 0. The highest BCUT2D eigenvalue weighted by Gasteiger charge is 2.58. The van der Waals surface area contributed by atoms with E-state index < -0.39 is 42.7 Å². The van der Waals surface area contributed by atoms with Gasteiger partial charge in [-0.05, 0) is 87.8 Å². The fourth-order valence-electron chi connectivity index (χ4n) is 9.70. The van der Waals surface area contributed by atoms with Gasteiger partial charge in [0.05, 0.1) is 44.1 Å². The average Bonchev–Trinajstić information content (AvgIpc) is 3.62. The molecule has 0 aromatic heterocycles. The normalized spacial score (nSPS) is 29.7. The molecule has 6 rings (SSSR count). The predicted octanol–water partition coefficient (Wildman–Crippen LogP) is 0.527. The smallest absolute Gasteiger partial charge is 0.404 e. The van der Waals surface area contributed by atoms with Crippen molar-refractivity contribution in [2.75, 3.05) is 46.0 Å². The van der Waals surface area contributed by atoms with E-state index >= 15 is 0 Å². The third kappa shape index (κ3) is 9.67. The summed E-state index contributed by atoms with van der Waals surface area (Å²) in [5.41, 5.74) is 3.73. The van der Waals surface area contributed by atoms with Crippen molar-refractivity contribution in [1.82, 2.24) is 15.1 Å². The van der Waals surface area contributed by atoms with E-state index in [1.807, 2.05) is 24.0 Å². The van der Waals surface area contributed by atoms with E-state index in [0.29, 0.717) is 31.5 Å². The van der Waals surface area contributed by atoms with Crippen molar-refractivity contribution in [3.63, 3.8) is 0 Å². The van der Waals surface area contributed by atoms with E-state index in [1.165, 1.54) is 6.92 Å². The fourth-order valence-corrected chi connectivity index (χ4v) is 9.70. The molecule has 8 N–H and O–H groups in total. The van der Waals surface area contributed by atoms with Crippen LogP contribution in [-0.4, -0.2) is 141 Å². The fraction of sp³-hybridized carbons (Fsp3) is 0.763. The van der Waals surface area contributed by atoms with Gasteiger partial charge < -0.3 is 55.7 Å². The highest BCUT2D eigenvalue weighted by molar-refractivity contribution is 5.79. The van der Waals surface area contributed by atoms with Gasteiger partial charge in [0, 0.05) is 25.2 Å². The molecule has 4 saturated carbocycles. The van der Waals surface area contributed by atoms with E-state index in [1.54, 1.807) is 17.0 Å². The van der Waals surface area contributed by atoms with Crippen LogP contribution in [0.15, 0.2) is 24.3 Å². The van der Waals surface area contributed by atoms with Crippen molar-refractivity contribution in [1.29, 1.82) is 5.26 Å². The maximum absolute atomic E-state index is 13.1. The summed E-state index contributed by atoms with van der Waals surface area (Å²) >= 11 is 0. The number of primary amides is 1. The van der Waals surface area contributed by atoms with Gasteiger partial charge in [0.15, 0.2) is 0 Å². The van der Waals surface area contributed by atoms with Crippen molar-refractivity contribution in [2.24, 2.45) is 17.6 Å². The Balaban J connectivity index is 1.17. The summed E-state index contributed by atoms with van der Waals surface area (Å²) in [5.74, 6) is 0.918. The molecule has 5 fully saturated rings. The van der Waals surface area contributed by atoms with Crippen molar-refractivity contribution in [3.8, 4) is 6.07 Å². The topological polar surface area (TPSA) is 231 Å². The number of likely N-dealkylation sites (N-methyl/N-ethyl adjacent to an activating group) is 1. The molecule has 53 heavy (non-hydrogen) atoms. The minimum Gasteiger partial charge on any atom is -0.445 e. The molecule has 1 heterocycles. The summed E-state index contributed by atoms with van der Waals surface area (Å²) in [6.45, 7) is 4.44. The van der Waals surface area contributed by atoms with Crippen molar-refractivity contribution in [2.45, 2.75) is 126 Å². The van der Waals surface area contributed by atoms with E-state index in [0.717, 1.165) is 62.5 Å². The van der Waals surface area contributed by atoms with Gasteiger partial charge in [-0.25, -0.2) is 4.79 Å². The number of carbonyl (C=O) groups is 2. The van der Waals surface area contributed by atoms with Gasteiger partial charge in [-0.2, -0.15) is 5.26 Å². The molecule has 1 saturated heterocycles. The number of hydrogen-bond donors (Lipinski definition) is 7. The van der Waals surface area contributed by atoms with E-state index in [4.69, 9.17) is 19.9 Å². The van der Waals surface area contributed by atoms with Crippen LogP contribution in [-0.2, 0) is 32.2 Å². The lowest BCUT2D eigenvalue weighted by molar-refractivity contribution is -0.240. The first kappa shape index (κ1) is 41.3. The molecule has 1 aromatic carbocycles. The number of amides is 2. The Kier molecular flexibility index (Phi) is 13.8. The molecular weight excluding hydrogens is 686 g/mol. The lowest BCUT2D eigenvalue weighted by Gasteiger charge is -2.62. The Bertz CT molecular complexity index is 1410. The third-order valence-corrected chi connectivity index (χ3v) is 12.1. The lowest BCUT2D eigenvalue weighted by atomic mass is 9.51. The monoisotopic (exact) mass is 745 g/mol. The molecule has 15 heteroatoms. The third-order valence-electron chi connectivity index (χ3n) is 12.1. The van der Waals surface area contributed by atoms with Gasteiger partial charge >= 0.3 is 6.09 Å². The number of rotatable bonds is 20. The van der Waals surface area contributed by atoms with Crippen LogP contribution >= 0.6 is 0 Å². The number of nitrogens with one attached hydrogen (secondary N) is 1. The van der Waals surface area contributed by atoms with Gasteiger partial charge in [-0.1, -0.05) is 31.2 Å². The largest absolute Gasteiger partial charge is 0.445 e. The zero-order valence-electron chi connectivity index (χ0n) is 31.1. The summed E-state index contributed by atoms with van der Waals surface area (Å²) < 4.78 is 17.5. The second kappa shape index (κ2) is 17.7. The predicted molar refractivity (Wildman–Crippen MR) is 192 cm³/mol. The van der Waals surface area contributed by atoms with Gasteiger partial charge in [0.1, 0.15) is 36.6 Å². The summed E-state index contributed by atoms with van der Waals surface area (Å²) in [5, 5.41) is 67.5. The molecule has 3 unspecified atom stereocenters. The molecule has 4 aliphatic carbocycles. The van der Waals surface area contributed by atoms with Gasteiger partial charge in [-0.3, -0.25) is 9.69 Å². The number of aliphatic hydroxyl groups excluding tert-OH is 4. The minimum atomic E-state index is -2.35. The highest BCUT2D eigenvalue weighted by Crippen LogP contribution is 2.58. The Morgan fingerprint density at radius 2 is 1.81 bits per heavy atom. The summed E-state index contributed by atoms with van der Waals surface area (Å²) in [6, 6.07) is 9.17. The zero-order valence-corrected chi connectivity index (χ0v) is 31.1. The summed E-state index contributed by atoms with van der Waals surface area (Å²) in [4.78, 5) is 27.5. The van der Waals surface area contributed by atoms with Crippen LogP contribution in [0.2, 0.25) is 0 Å². The lowest BCUT2D eigenvalue weighted by Crippen LogP contribution is -2.66. The number of nitrogens with zero attached hydrogens (tertiary/aromatic N) is 3. The Hall–Kier alpha value is -2.91. The molecule has 296 valence electrons. The quantitative estimate of drug-likeness (QED) is 0.0905. The van der Waals surface area contributed by atoms with Gasteiger partial charge in [-0.15, -0.1) is 0 Å². The number of hydrogen-bond acceptors (Lipinski definition) is 13. The molecule has 8 atom stereocenters. The number of likely N-dealkylation sites (tertiary alicyclic amines) is 1. The zero-order chi connectivity index (χ0) is 38.4. The molecule has 4 bridgehead atoms. The van der Waals surface area contributed by atoms with Gasteiger partial charge in [0.25, 0.3) is 0 Å². The Morgan fingerprint density at radius 1 is 1.13 bits per heavy atom. The summed E-state index contributed by atoms with van der Waals surface area (Å²) in [6.07, 6.45) is -0.00805. The number of ether oxygens (including phenoxy) is 3. The number of aliphatic hydroxyl groups is 5. The minimum absolute atomic E-state index is 0.0321. The maximum atomic E-state index is 13.1. The van der Waals surface area contributed by atoms with E-state index in [-0.39, 0.29) is 56.0 Å². The van der Waals surface area contributed by atoms with Crippen LogP contribution in [0.5, 0.6) is 0 Å². The number of benzene rings is 1. The van der Waals surface area contributed by atoms with E-state index in [9.17, 15) is 40.4 Å². The standard InChI is InChI=1S/C38H59N5O10/c1-3-42(20-26-6-8-27(9-7-26)23-52-35(40)49)21-32(46)38(50,34(48)31(45)22-44)25(2)51-11-12-53-37-16-28-13-29(17-37)15-36(14-28,24-37)41-19-33(47)43-10-4-5-30(43)18-39/h6-9,25,28-32,34,41,44-46,48,50H,3-5,10-17,19-24H2,1-2H3,(H2,40,49)/t25?,28?,29?,30-,31+,32-,34+,36?,37?,38+/m0/s1. The molecule has 0 radical (unpaired) electrons. The van der Waals surface area contributed by atoms with Crippen molar-refractivity contribution < 1.29 is 49.3 Å². The number of nitriles is 1.